The van der Waals surface area contributed by atoms with Crippen LogP contribution >= 0.6 is 24.4 Å². The molecular weight excluding hydrogens is 304 g/mol. The molecule has 0 amide bonds. The molecule has 1 aromatic carbocycles. The lowest BCUT2D eigenvalue weighted by Crippen LogP contribution is -2.33. The number of nitrogens with zero attached hydrogens (tertiary/aromatic N) is 4. The SMILES string of the molecule is SCC1(CSc2nnnn2-c2ccccc2)CCOCC1. The maximum absolute atomic E-state index is 5.47. The van der Waals surface area contributed by atoms with Crippen LogP contribution in [0.4, 0.5) is 0 Å². The second-order valence-corrected chi connectivity index (χ2v) is 6.53. The molecule has 1 aliphatic heterocycles. The predicted molar refractivity (Wildman–Crippen MR) is 86.2 cm³/mol. The molecule has 0 saturated carbocycles. The summed E-state index contributed by atoms with van der Waals surface area (Å²) in [5, 5.41) is 12.9. The molecule has 3 rings (SSSR count). The molecule has 1 aliphatic rings. The molecule has 21 heavy (non-hydrogen) atoms. The van der Waals surface area contributed by atoms with Gasteiger partial charge in [-0.25, -0.2) is 0 Å². The Bertz CT molecular complexity index is 569. The lowest BCUT2D eigenvalue weighted by Gasteiger charge is -2.35. The standard InChI is InChI=1S/C14H18N4OS2/c20-10-14(6-8-19-9-7-14)11-21-13-15-16-17-18(13)12-4-2-1-3-5-12/h1-5,20H,6-11H2. The zero-order valence-corrected chi connectivity index (χ0v) is 13.4. The lowest BCUT2D eigenvalue weighted by atomic mass is 9.84. The number of rotatable bonds is 5. The fraction of sp³-hybridized carbons (Fsp3) is 0.500. The van der Waals surface area contributed by atoms with Crippen molar-refractivity contribution >= 4 is 24.4 Å². The van der Waals surface area contributed by atoms with Crippen LogP contribution in [0.1, 0.15) is 12.8 Å². The van der Waals surface area contributed by atoms with Gasteiger partial charge in [0.15, 0.2) is 0 Å². The van der Waals surface area contributed by atoms with E-state index in [1.807, 2.05) is 30.3 Å². The molecule has 2 aromatic rings. The Labute approximate surface area is 133 Å². The van der Waals surface area contributed by atoms with Gasteiger partial charge in [0.2, 0.25) is 5.16 Å². The van der Waals surface area contributed by atoms with Crippen molar-refractivity contribution < 1.29 is 4.74 Å². The van der Waals surface area contributed by atoms with Gasteiger partial charge in [-0.2, -0.15) is 17.3 Å². The van der Waals surface area contributed by atoms with Gasteiger partial charge in [0, 0.05) is 19.0 Å². The number of thioether (sulfide) groups is 1. The number of aromatic nitrogens is 4. The molecule has 0 unspecified atom stereocenters. The molecule has 112 valence electrons. The molecule has 7 heteroatoms. The summed E-state index contributed by atoms with van der Waals surface area (Å²) in [6.07, 6.45) is 2.10. The molecule has 2 heterocycles. The molecule has 0 bridgehead atoms. The molecule has 0 atom stereocenters. The minimum Gasteiger partial charge on any atom is -0.381 e. The molecular formula is C14H18N4OS2. The van der Waals surface area contributed by atoms with E-state index in [1.54, 1.807) is 16.4 Å². The zero-order valence-electron chi connectivity index (χ0n) is 11.7. The van der Waals surface area contributed by atoms with Crippen molar-refractivity contribution in [3.8, 4) is 5.69 Å². The van der Waals surface area contributed by atoms with E-state index < -0.39 is 0 Å². The maximum atomic E-state index is 5.47. The summed E-state index contributed by atoms with van der Waals surface area (Å²) in [4.78, 5) is 0. The number of benzene rings is 1. The van der Waals surface area contributed by atoms with Gasteiger partial charge in [-0.15, -0.1) is 5.10 Å². The van der Waals surface area contributed by atoms with E-state index in [-0.39, 0.29) is 5.41 Å². The first-order valence-corrected chi connectivity index (χ1v) is 8.60. The van der Waals surface area contributed by atoms with Crippen LogP contribution < -0.4 is 0 Å². The highest BCUT2D eigenvalue weighted by molar-refractivity contribution is 7.99. The Kier molecular flexibility index (Phi) is 4.82. The Morgan fingerprint density at radius 1 is 1.24 bits per heavy atom. The summed E-state index contributed by atoms with van der Waals surface area (Å²) < 4.78 is 7.26. The first-order valence-electron chi connectivity index (χ1n) is 6.98. The summed E-state index contributed by atoms with van der Waals surface area (Å²) in [5.41, 5.74) is 1.20. The van der Waals surface area contributed by atoms with Gasteiger partial charge in [-0.3, -0.25) is 0 Å². The van der Waals surface area contributed by atoms with Crippen LogP contribution in [0.5, 0.6) is 0 Å². The predicted octanol–water partition coefficient (Wildman–Crippen LogP) is 2.48. The summed E-state index contributed by atoms with van der Waals surface area (Å²) in [5.74, 6) is 1.84. The van der Waals surface area contributed by atoms with Crippen LogP contribution in [0.15, 0.2) is 35.5 Å². The van der Waals surface area contributed by atoms with Gasteiger partial charge < -0.3 is 4.74 Å². The Hall–Kier alpha value is -1.05. The minimum atomic E-state index is 0.222. The van der Waals surface area contributed by atoms with Gasteiger partial charge in [0.05, 0.1) is 5.69 Å². The first-order chi connectivity index (χ1) is 10.3. The number of ether oxygens (including phenoxy) is 1. The second-order valence-electron chi connectivity index (χ2n) is 5.27. The minimum absolute atomic E-state index is 0.222. The van der Waals surface area contributed by atoms with E-state index in [2.05, 4.69) is 28.2 Å². The van der Waals surface area contributed by atoms with E-state index in [9.17, 15) is 0 Å². The zero-order chi connectivity index (χ0) is 14.5. The van der Waals surface area contributed by atoms with Crippen molar-refractivity contribution in [2.24, 2.45) is 5.41 Å². The fourth-order valence-electron chi connectivity index (χ4n) is 2.37. The Morgan fingerprint density at radius 2 is 2.00 bits per heavy atom. The largest absolute Gasteiger partial charge is 0.381 e. The van der Waals surface area contributed by atoms with Crippen molar-refractivity contribution in [1.29, 1.82) is 0 Å². The van der Waals surface area contributed by atoms with Gasteiger partial charge in [0.1, 0.15) is 0 Å². The Morgan fingerprint density at radius 3 is 2.71 bits per heavy atom. The van der Waals surface area contributed by atoms with Gasteiger partial charge >= 0.3 is 0 Å². The van der Waals surface area contributed by atoms with E-state index in [4.69, 9.17) is 4.74 Å². The van der Waals surface area contributed by atoms with Crippen LogP contribution in [0.3, 0.4) is 0 Å². The summed E-state index contributed by atoms with van der Waals surface area (Å²) in [6.45, 7) is 1.65. The maximum Gasteiger partial charge on any atom is 0.214 e. The molecule has 5 nitrogen and oxygen atoms in total. The molecule has 0 radical (unpaired) electrons. The monoisotopic (exact) mass is 322 g/mol. The van der Waals surface area contributed by atoms with E-state index in [0.29, 0.717) is 0 Å². The van der Waals surface area contributed by atoms with Crippen molar-refractivity contribution in [2.45, 2.75) is 18.0 Å². The van der Waals surface area contributed by atoms with Crippen LogP contribution in [-0.2, 0) is 4.74 Å². The van der Waals surface area contributed by atoms with Crippen LogP contribution in [-0.4, -0.2) is 44.9 Å². The number of thiol groups is 1. The smallest absolute Gasteiger partial charge is 0.214 e. The van der Waals surface area contributed by atoms with Crippen molar-refractivity contribution in [2.75, 3.05) is 24.7 Å². The van der Waals surface area contributed by atoms with Crippen LogP contribution in [0, 0.1) is 5.41 Å². The summed E-state index contributed by atoms with van der Waals surface area (Å²) in [6, 6.07) is 9.96. The van der Waals surface area contributed by atoms with Crippen LogP contribution in [0.25, 0.3) is 5.69 Å². The second kappa shape index (κ2) is 6.81. The number of hydrogen-bond acceptors (Lipinski definition) is 6. The van der Waals surface area contributed by atoms with Gasteiger partial charge in [-0.1, -0.05) is 30.0 Å². The van der Waals surface area contributed by atoms with Crippen molar-refractivity contribution in [3.05, 3.63) is 30.3 Å². The third kappa shape index (κ3) is 3.41. The summed E-state index contributed by atoms with van der Waals surface area (Å²) in [7, 11) is 0. The molecule has 0 aliphatic carbocycles. The van der Waals surface area contributed by atoms with E-state index in [0.717, 1.165) is 48.4 Å². The molecule has 1 fully saturated rings. The number of para-hydroxylation sites is 1. The highest BCUT2D eigenvalue weighted by Gasteiger charge is 2.32. The third-order valence-electron chi connectivity index (χ3n) is 3.84. The Balaban J connectivity index is 1.73. The van der Waals surface area contributed by atoms with Crippen molar-refractivity contribution in [1.82, 2.24) is 20.2 Å². The lowest BCUT2D eigenvalue weighted by molar-refractivity contribution is 0.0371. The molecule has 1 aromatic heterocycles. The normalized spacial score (nSPS) is 17.8. The van der Waals surface area contributed by atoms with E-state index in [1.165, 1.54) is 0 Å². The first kappa shape index (κ1) is 14.9. The van der Waals surface area contributed by atoms with Gasteiger partial charge in [-0.05, 0) is 46.6 Å². The topological polar surface area (TPSA) is 52.8 Å². The number of tetrazole rings is 1. The number of hydrogen-bond donors (Lipinski definition) is 1. The quantitative estimate of drug-likeness (QED) is 0.677. The van der Waals surface area contributed by atoms with Crippen molar-refractivity contribution in [3.63, 3.8) is 0 Å². The van der Waals surface area contributed by atoms with Gasteiger partial charge in [0.25, 0.3) is 0 Å². The average Bonchev–Trinajstić information content (AvgIpc) is 3.03. The third-order valence-corrected chi connectivity index (χ3v) is 5.78. The van der Waals surface area contributed by atoms with E-state index >= 15 is 0 Å². The highest BCUT2D eigenvalue weighted by Crippen LogP contribution is 2.37. The average molecular weight is 322 g/mol. The fourth-order valence-corrected chi connectivity index (χ4v) is 4.13. The highest BCUT2D eigenvalue weighted by atomic mass is 32.2. The van der Waals surface area contributed by atoms with Crippen LogP contribution in [0.2, 0.25) is 0 Å². The molecule has 0 N–H and O–H groups in total. The summed E-state index contributed by atoms with van der Waals surface area (Å²) >= 11 is 6.25. The molecule has 0 spiro atoms. The molecule has 1 saturated heterocycles.